The van der Waals surface area contributed by atoms with Crippen LogP contribution in [0.4, 0.5) is 4.39 Å². The second-order valence-electron chi connectivity index (χ2n) is 7.56. The summed E-state index contributed by atoms with van der Waals surface area (Å²) < 4.78 is 40.8. The number of benzene rings is 3. The van der Waals surface area contributed by atoms with Gasteiger partial charge in [0.2, 0.25) is 15.9 Å². The Hall–Kier alpha value is -2.77. The number of halogens is 1. The molecule has 0 aromatic heterocycles. The number of rotatable bonds is 5. The summed E-state index contributed by atoms with van der Waals surface area (Å²) in [4.78, 5) is 12.9. The van der Waals surface area contributed by atoms with Crippen molar-refractivity contribution in [1.29, 1.82) is 0 Å². The van der Waals surface area contributed by atoms with Gasteiger partial charge in [-0.3, -0.25) is 4.79 Å². The highest BCUT2D eigenvalue weighted by molar-refractivity contribution is 7.89. The third-order valence-electron chi connectivity index (χ3n) is 5.49. The lowest BCUT2D eigenvalue weighted by atomic mass is 9.99. The number of carbonyl (C=O) groups excluding carboxylic acids is 1. The van der Waals surface area contributed by atoms with Crippen molar-refractivity contribution in [3.8, 4) is 0 Å². The van der Waals surface area contributed by atoms with Crippen LogP contribution in [0.1, 0.15) is 18.4 Å². The standard InChI is InChI=1S/C23H23FN2O3S/c24-21-10-7-17(8-11-21)15-25-23(27)20-6-3-13-26(16-20)30(28,29)22-12-9-18-4-1-2-5-19(18)14-22/h1-2,4-5,7-12,14,20H,3,6,13,15-16H2,(H,25,27)/t20-/m0/s1. The molecule has 1 heterocycles. The number of sulfonamides is 1. The van der Waals surface area contributed by atoms with E-state index >= 15 is 0 Å². The van der Waals surface area contributed by atoms with E-state index in [9.17, 15) is 17.6 Å². The quantitative estimate of drug-likeness (QED) is 0.677. The monoisotopic (exact) mass is 426 g/mol. The van der Waals surface area contributed by atoms with Gasteiger partial charge in [0.25, 0.3) is 0 Å². The highest BCUT2D eigenvalue weighted by Crippen LogP contribution is 2.26. The summed E-state index contributed by atoms with van der Waals surface area (Å²) in [6.45, 7) is 0.842. The summed E-state index contributed by atoms with van der Waals surface area (Å²) in [5.41, 5.74) is 0.793. The van der Waals surface area contributed by atoms with E-state index in [1.165, 1.54) is 16.4 Å². The van der Waals surface area contributed by atoms with Crippen LogP contribution in [0.3, 0.4) is 0 Å². The summed E-state index contributed by atoms with van der Waals surface area (Å²) in [5.74, 6) is -0.918. The van der Waals surface area contributed by atoms with E-state index in [0.717, 1.165) is 16.3 Å². The first-order valence-corrected chi connectivity index (χ1v) is 11.4. The van der Waals surface area contributed by atoms with Crippen LogP contribution in [0.2, 0.25) is 0 Å². The molecule has 0 unspecified atom stereocenters. The van der Waals surface area contributed by atoms with E-state index in [4.69, 9.17) is 0 Å². The first-order chi connectivity index (χ1) is 14.4. The molecule has 1 amide bonds. The Bertz CT molecular complexity index is 1160. The molecule has 1 N–H and O–H groups in total. The highest BCUT2D eigenvalue weighted by Gasteiger charge is 2.33. The molecule has 3 aromatic rings. The van der Waals surface area contributed by atoms with E-state index in [1.807, 2.05) is 24.3 Å². The van der Waals surface area contributed by atoms with Crippen molar-refractivity contribution in [2.45, 2.75) is 24.3 Å². The molecular weight excluding hydrogens is 403 g/mol. The third kappa shape index (κ3) is 4.37. The first-order valence-electron chi connectivity index (χ1n) is 9.94. The maximum absolute atomic E-state index is 13.2. The number of carbonyl (C=O) groups is 1. The first kappa shape index (κ1) is 20.5. The molecule has 1 fully saturated rings. The number of hydrogen-bond acceptors (Lipinski definition) is 3. The molecule has 1 aliphatic heterocycles. The van der Waals surface area contributed by atoms with Gasteiger partial charge in [0.1, 0.15) is 5.82 Å². The maximum atomic E-state index is 13.2. The molecule has 1 aliphatic rings. The molecule has 5 nitrogen and oxygen atoms in total. The topological polar surface area (TPSA) is 66.5 Å². The van der Waals surface area contributed by atoms with E-state index in [-0.39, 0.29) is 29.7 Å². The molecule has 156 valence electrons. The molecule has 0 bridgehead atoms. The van der Waals surface area contributed by atoms with Gasteiger partial charge in [-0.15, -0.1) is 0 Å². The Kier molecular flexibility index (Phi) is 5.83. The van der Waals surface area contributed by atoms with Crippen LogP contribution in [0.5, 0.6) is 0 Å². The minimum absolute atomic E-state index is 0.157. The van der Waals surface area contributed by atoms with Gasteiger partial charge < -0.3 is 5.32 Å². The number of amides is 1. The van der Waals surface area contributed by atoms with Gasteiger partial charge in [0.15, 0.2) is 0 Å². The SMILES string of the molecule is O=C(NCc1ccc(F)cc1)[C@H]1CCCN(S(=O)(=O)c2ccc3ccccc3c2)C1. The summed E-state index contributed by atoms with van der Waals surface area (Å²) in [5, 5.41) is 4.69. The minimum Gasteiger partial charge on any atom is -0.352 e. The van der Waals surface area contributed by atoms with Crippen molar-refractivity contribution < 1.29 is 17.6 Å². The minimum atomic E-state index is -3.68. The predicted molar refractivity (Wildman–Crippen MR) is 114 cm³/mol. The summed E-state index contributed by atoms with van der Waals surface area (Å²) in [6.07, 6.45) is 1.26. The summed E-state index contributed by atoms with van der Waals surface area (Å²) >= 11 is 0. The lowest BCUT2D eigenvalue weighted by Gasteiger charge is -2.31. The maximum Gasteiger partial charge on any atom is 0.243 e. The van der Waals surface area contributed by atoms with Crippen LogP contribution < -0.4 is 5.32 Å². The van der Waals surface area contributed by atoms with Crippen molar-refractivity contribution in [1.82, 2.24) is 9.62 Å². The van der Waals surface area contributed by atoms with Crippen molar-refractivity contribution in [3.63, 3.8) is 0 Å². The lowest BCUT2D eigenvalue weighted by Crippen LogP contribution is -2.45. The summed E-state index contributed by atoms with van der Waals surface area (Å²) in [7, 11) is -3.68. The van der Waals surface area contributed by atoms with Gasteiger partial charge in [0, 0.05) is 19.6 Å². The Morgan fingerprint density at radius 2 is 1.77 bits per heavy atom. The number of fused-ring (bicyclic) bond motifs is 1. The Morgan fingerprint density at radius 3 is 2.53 bits per heavy atom. The molecule has 3 aromatic carbocycles. The van der Waals surface area contributed by atoms with Crippen molar-refractivity contribution in [3.05, 3.63) is 78.1 Å². The zero-order valence-electron chi connectivity index (χ0n) is 16.4. The summed E-state index contributed by atoms with van der Waals surface area (Å²) in [6, 6.07) is 18.7. The lowest BCUT2D eigenvalue weighted by molar-refractivity contribution is -0.126. The van der Waals surface area contributed by atoms with Crippen LogP contribution in [-0.4, -0.2) is 31.7 Å². The Labute approximate surface area is 175 Å². The van der Waals surface area contributed by atoms with Gasteiger partial charge in [-0.05, 0) is 53.4 Å². The number of piperidine rings is 1. The average molecular weight is 427 g/mol. The zero-order valence-corrected chi connectivity index (χ0v) is 17.2. The third-order valence-corrected chi connectivity index (χ3v) is 7.35. The second kappa shape index (κ2) is 8.53. The van der Waals surface area contributed by atoms with E-state index in [0.29, 0.717) is 19.4 Å². The van der Waals surface area contributed by atoms with E-state index in [2.05, 4.69) is 5.32 Å². The van der Waals surface area contributed by atoms with Gasteiger partial charge in [-0.2, -0.15) is 4.31 Å². The van der Waals surface area contributed by atoms with Crippen LogP contribution in [0, 0.1) is 11.7 Å². The molecule has 0 spiro atoms. The Balaban J connectivity index is 1.45. The Morgan fingerprint density at radius 1 is 1.03 bits per heavy atom. The second-order valence-corrected chi connectivity index (χ2v) is 9.49. The van der Waals surface area contributed by atoms with Gasteiger partial charge in [0.05, 0.1) is 10.8 Å². The fourth-order valence-corrected chi connectivity index (χ4v) is 5.35. The fraction of sp³-hybridized carbons (Fsp3) is 0.261. The molecule has 4 rings (SSSR count). The van der Waals surface area contributed by atoms with Gasteiger partial charge >= 0.3 is 0 Å². The van der Waals surface area contributed by atoms with Gasteiger partial charge in [-0.1, -0.05) is 42.5 Å². The highest BCUT2D eigenvalue weighted by atomic mass is 32.2. The molecule has 7 heteroatoms. The molecule has 1 atom stereocenters. The molecule has 30 heavy (non-hydrogen) atoms. The number of nitrogens with one attached hydrogen (secondary N) is 1. The van der Waals surface area contributed by atoms with Crippen LogP contribution in [0.25, 0.3) is 10.8 Å². The smallest absolute Gasteiger partial charge is 0.243 e. The molecule has 1 saturated heterocycles. The largest absolute Gasteiger partial charge is 0.352 e. The van der Waals surface area contributed by atoms with Crippen molar-refractivity contribution in [2.24, 2.45) is 5.92 Å². The normalized spacial score (nSPS) is 17.7. The van der Waals surface area contributed by atoms with E-state index in [1.54, 1.807) is 30.3 Å². The predicted octanol–water partition coefficient (Wildman–Crippen LogP) is 3.70. The number of nitrogens with zero attached hydrogens (tertiary/aromatic N) is 1. The van der Waals surface area contributed by atoms with Crippen LogP contribution >= 0.6 is 0 Å². The zero-order chi connectivity index (χ0) is 21.1. The van der Waals surface area contributed by atoms with Crippen LogP contribution in [0.15, 0.2) is 71.6 Å². The molecule has 0 saturated carbocycles. The number of hydrogen-bond donors (Lipinski definition) is 1. The van der Waals surface area contributed by atoms with Gasteiger partial charge in [-0.25, -0.2) is 12.8 Å². The molecule has 0 radical (unpaired) electrons. The average Bonchev–Trinajstić information content (AvgIpc) is 2.78. The van der Waals surface area contributed by atoms with Crippen molar-refractivity contribution >= 4 is 26.7 Å². The van der Waals surface area contributed by atoms with E-state index < -0.39 is 15.9 Å². The van der Waals surface area contributed by atoms with Crippen molar-refractivity contribution in [2.75, 3.05) is 13.1 Å². The van der Waals surface area contributed by atoms with Crippen LogP contribution in [-0.2, 0) is 21.4 Å². The fourth-order valence-electron chi connectivity index (χ4n) is 3.79. The molecule has 0 aliphatic carbocycles. The molecular formula is C23H23FN2O3S.